The average molecular weight is 480 g/mol. The van der Waals surface area contributed by atoms with Crippen LogP contribution in [0.5, 0.6) is 0 Å². The number of carbonyl (C=O) groups excluding carboxylic acids is 1. The highest BCUT2D eigenvalue weighted by Gasteiger charge is 2.34. The van der Waals surface area contributed by atoms with Crippen molar-refractivity contribution in [1.29, 1.82) is 0 Å². The van der Waals surface area contributed by atoms with Crippen LogP contribution in [0.4, 0.5) is 9.80 Å². The van der Waals surface area contributed by atoms with Crippen LogP contribution in [-0.4, -0.2) is 27.6 Å². The molecular weight excluding hydrogens is 458 g/mol. The smallest absolute Gasteiger partial charge is 0.410 e. The maximum absolute atomic E-state index is 12.6. The molecule has 4 rings (SSSR count). The van der Waals surface area contributed by atoms with Gasteiger partial charge in [0.2, 0.25) is 0 Å². The highest BCUT2D eigenvalue weighted by atomic mass is 79.9. The summed E-state index contributed by atoms with van der Waals surface area (Å²) in [7, 11) is 0. The first kappa shape index (κ1) is 19.7. The van der Waals surface area contributed by atoms with E-state index in [1.54, 1.807) is 27.6 Å². The second-order valence-electron chi connectivity index (χ2n) is 8.04. The van der Waals surface area contributed by atoms with Gasteiger partial charge in [0.05, 0.1) is 21.8 Å². The number of halogens is 1. The van der Waals surface area contributed by atoms with Crippen molar-refractivity contribution in [3.05, 3.63) is 33.1 Å². The molecule has 1 aromatic carbocycles. The summed E-state index contributed by atoms with van der Waals surface area (Å²) in [6.45, 7) is 8.24. The number of amides is 1. The number of thiazole rings is 1. The SMILES string of the molecule is C[C@@H]1Cc2c(sc(N)c2-c2nc3cc(Br)ccc3s2)CN1C(=O)OC(C)(C)C. The minimum atomic E-state index is -0.508. The number of hydrogen-bond acceptors (Lipinski definition) is 6. The van der Waals surface area contributed by atoms with Crippen LogP contribution in [0, 0.1) is 0 Å². The number of fused-ring (bicyclic) bond motifs is 2. The summed E-state index contributed by atoms with van der Waals surface area (Å²) >= 11 is 6.71. The van der Waals surface area contributed by atoms with Crippen molar-refractivity contribution < 1.29 is 9.53 Å². The lowest BCUT2D eigenvalue weighted by atomic mass is 9.98. The zero-order valence-electron chi connectivity index (χ0n) is 16.2. The fraction of sp³-hybridized carbons (Fsp3) is 0.400. The van der Waals surface area contributed by atoms with Crippen LogP contribution in [0.1, 0.15) is 38.1 Å². The van der Waals surface area contributed by atoms with Gasteiger partial charge in [-0.3, -0.25) is 0 Å². The summed E-state index contributed by atoms with van der Waals surface area (Å²) in [5.41, 5.74) is 9.12. The van der Waals surface area contributed by atoms with Crippen LogP contribution in [0.2, 0.25) is 0 Å². The Morgan fingerprint density at radius 3 is 2.82 bits per heavy atom. The third kappa shape index (κ3) is 3.65. The number of hydrogen-bond donors (Lipinski definition) is 1. The van der Waals surface area contributed by atoms with E-state index < -0.39 is 5.60 Å². The summed E-state index contributed by atoms with van der Waals surface area (Å²) < 4.78 is 7.73. The summed E-state index contributed by atoms with van der Waals surface area (Å²) in [5, 5.41) is 1.71. The highest BCUT2D eigenvalue weighted by Crippen LogP contribution is 2.45. The van der Waals surface area contributed by atoms with Crippen LogP contribution < -0.4 is 5.73 Å². The normalized spacial score (nSPS) is 17.0. The van der Waals surface area contributed by atoms with Crippen molar-refractivity contribution in [2.24, 2.45) is 0 Å². The van der Waals surface area contributed by atoms with Gasteiger partial charge in [-0.2, -0.15) is 0 Å². The number of ether oxygens (including phenoxy) is 1. The van der Waals surface area contributed by atoms with Gasteiger partial charge in [0, 0.05) is 21.0 Å². The van der Waals surface area contributed by atoms with Crippen LogP contribution in [0.15, 0.2) is 22.7 Å². The molecule has 0 saturated heterocycles. The lowest BCUT2D eigenvalue weighted by Gasteiger charge is -2.35. The predicted molar refractivity (Wildman–Crippen MR) is 120 cm³/mol. The lowest BCUT2D eigenvalue weighted by Crippen LogP contribution is -2.44. The van der Waals surface area contributed by atoms with Crippen LogP contribution in [0.3, 0.4) is 0 Å². The van der Waals surface area contributed by atoms with Gasteiger partial charge >= 0.3 is 6.09 Å². The van der Waals surface area contributed by atoms with Gasteiger partial charge in [0.1, 0.15) is 10.6 Å². The number of benzene rings is 1. The van der Waals surface area contributed by atoms with Crippen LogP contribution >= 0.6 is 38.6 Å². The summed E-state index contributed by atoms with van der Waals surface area (Å²) in [5.74, 6) is 0. The molecule has 0 bridgehead atoms. The molecule has 1 aliphatic rings. The number of aromatic nitrogens is 1. The van der Waals surface area contributed by atoms with E-state index >= 15 is 0 Å². The minimum Gasteiger partial charge on any atom is -0.444 e. The molecule has 0 aliphatic carbocycles. The van der Waals surface area contributed by atoms with Crippen molar-refractivity contribution in [2.45, 2.75) is 52.3 Å². The number of nitrogens with zero attached hydrogens (tertiary/aromatic N) is 2. The summed E-state index contributed by atoms with van der Waals surface area (Å²) in [6.07, 6.45) is 0.473. The maximum Gasteiger partial charge on any atom is 0.410 e. The van der Waals surface area contributed by atoms with Gasteiger partial charge in [0.15, 0.2) is 0 Å². The Hall–Kier alpha value is -1.64. The van der Waals surface area contributed by atoms with Gasteiger partial charge in [-0.1, -0.05) is 15.9 Å². The molecule has 1 aliphatic heterocycles. The van der Waals surface area contributed by atoms with Gasteiger partial charge in [-0.25, -0.2) is 9.78 Å². The van der Waals surface area contributed by atoms with E-state index in [4.69, 9.17) is 15.5 Å². The van der Waals surface area contributed by atoms with Crippen LogP contribution in [0.25, 0.3) is 20.8 Å². The molecule has 0 radical (unpaired) electrons. The van der Waals surface area contributed by atoms with E-state index in [1.165, 1.54) is 5.56 Å². The molecule has 0 saturated carbocycles. The number of rotatable bonds is 1. The standard InChI is InChI=1S/C20H22BrN3O2S2/c1-10-7-12-15(9-24(10)19(25)26-20(2,3)4)27-17(22)16(12)18-23-13-8-11(21)5-6-14(13)28-18/h5-6,8,10H,7,9,22H2,1-4H3/t10-/m1/s1. The van der Waals surface area contributed by atoms with Crippen molar-refractivity contribution in [3.8, 4) is 10.6 Å². The van der Waals surface area contributed by atoms with Crippen molar-refractivity contribution in [3.63, 3.8) is 0 Å². The number of nitrogen functional groups attached to an aromatic ring is 1. The molecule has 28 heavy (non-hydrogen) atoms. The number of nitrogens with two attached hydrogens (primary N) is 1. The number of thiophene rings is 1. The fourth-order valence-electron chi connectivity index (χ4n) is 3.40. The Bertz CT molecular complexity index is 1070. The second kappa shape index (κ2) is 7.00. The largest absolute Gasteiger partial charge is 0.444 e. The second-order valence-corrected chi connectivity index (χ2v) is 11.1. The van der Waals surface area contributed by atoms with Crippen molar-refractivity contribution >= 4 is 59.9 Å². The Morgan fingerprint density at radius 2 is 2.11 bits per heavy atom. The molecule has 1 amide bonds. The Labute approximate surface area is 180 Å². The van der Waals surface area contributed by atoms with Crippen LogP contribution in [-0.2, 0) is 17.7 Å². The first-order chi connectivity index (χ1) is 13.1. The van der Waals surface area contributed by atoms with E-state index in [0.29, 0.717) is 6.54 Å². The van der Waals surface area contributed by atoms with E-state index in [9.17, 15) is 4.79 Å². The number of carbonyl (C=O) groups is 1. The molecule has 3 aromatic rings. The van der Waals surface area contributed by atoms with E-state index in [2.05, 4.69) is 28.9 Å². The highest BCUT2D eigenvalue weighted by molar-refractivity contribution is 9.10. The average Bonchev–Trinajstić information content (AvgIpc) is 3.11. The van der Waals surface area contributed by atoms with Crippen molar-refractivity contribution in [1.82, 2.24) is 9.88 Å². The summed E-state index contributed by atoms with van der Waals surface area (Å²) in [4.78, 5) is 20.3. The monoisotopic (exact) mass is 479 g/mol. The maximum atomic E-state index is 12.6. The molecule has 0 unspecified atom stereocenters. The van der Waals surface area contributed by atoms with Gasteiger partial charge in [-0.05, 0) is 57.9 Å². The lowest BCUT2D eigenvalue weighted by molar-refractivity contribution is 0.0142. The zero-order chi connectivity index (χ0) is 20.2. The van der Waals surface area contributed by atoms with E-state index in [0.717, 1.165) is 41.6 Å². The fourth-order valence-corrected chi connectivity index (χ4v) is 5.95. The van der Waals surface area contributed by atoms with Crippen molar-refractivity contribution in [2.75, 3.05) is 5.73 Å². The van der Waals surface area contributed by atoms with Gasteiger partial charge < -0.3 is 15.4 Å². The molecule has 0 spiro atoms. The number of anilines is 1. The quantitative estimate of drug-likeness (QED) is 0.460. The molecule has 8 heteroatoms. The zero-order valence-corrected chi connectivity index (χ0v) is 19.4. The first-order valence-corrected chi connectivity index (χ1v) is 11.5. The molecule has 5 nitrogen and oxygen atoms in total. The topological polar surface area (TPSA) is 68.5 Å². The molecule has 2 aromatic heterocycles. The van der Waals surface area contributed by atoms with E-state index in [-0.39, 0.29) is 12.1 Å². The van der Waals surface area contributed by atoms with E-state index in [1.807, 2.05) is 32.9 Å². The third-order valence-corrected chi connectivity index (χ3v) is 7.25. The molecule has 0 fully saturated rings. The Morgan fingerprint density at radius 1 is 1.36 bits per heavy atom. The minimum absolute atomic E-state index is 0.0404. The Balaban J connectivity index is 1.70. The molecule has 3 heterocycles. The first-order valence-electron chi connectivity index (χ1n) is 9.08. The van der Waals surface area contributed by atoms with Gasteiger partial charge in [0.25, 0.3) is 0 Å². The predicted octanol–water partition coefficient (Wildman–Crippen LogP) is 6.05. The van der Waals surface area contributed by atoms with Gasteiger partial charge in [-0.15, -0.1) is 22.7 Å². The molecular formula is C20H22BrN3O2S2. The third-order valence-electron chi connectivity index (χ3n) is 4.65. The Kier molecular flexibility index (Phi) is 4.92. The molecule has 1 atom stereocenters. The summed E-state index contributed by atoms with van der Waals surface area (Å²) in [6, 6.07) is 6.16. The molecule has 2 N–H and O–H groups in total. The molecule has 148 valence electrons.